The zero-order valence-electron chi connectivity index (χ0n) is 12.9. The van der Waals surface area contributed by atoms with E-state index >= 15 is 0 Å². The summed E-state index contributed by atoms with van der Waals surface area (Å²) in [6.07, 6.45) is 2.40. The van der Waals surface area contributed by atoms with Gasteiger partial charge in [0, 0.05) is 12.6 Å². The van der Waals surface area contributed by atoms with E-state index in [1.54, 1.807) is 4.57 Å². The molecule has 1 atom stereocenters. The number of nitrogens with two attached hydrogens (primary N) is 1. The lowest BCUT2D eigenvalue weighted by molar-refractivity contribution is -0.141. The van der Waals surface area contributed by atoms with E-state index in [1.807, 2.05) is 0 Å². The third-order valence-electron chi connectivity index (χ3n) is 3.27. The number of anilines is 1. The average molecular weight is 359 g/mol. The summed E-state index contributed by atoms with van der Waals surface area (Å²) in [5.74, 6) is -0.229. The molecule has 0 radical (unpaired) electrons. The number of esters is 1. The Morgan fingerprint density at radius 2 is 2.17 bits per heavy atom. The Balaban J connectivity index is 2.17. The van der Waals surface area contributed by atoms with Crippen molar-refractivity contribution in [2.75, 3.05) is 25.8 Å². The topological polar surface area (TPSA) is 163 Å². The first kappa shape index (κ1) is 18.3. The van der Waals surface area contributed by atoms with Gasteiger partial charge in [-0.15, -0.1) is 0 Å². The molecule has 1 unspecified atom stereocenters. The van der Waals surface area contributed by atoms with E-state index in [0.29, 0.717) is 17.6 Å². The molecule has 2 aromatic rings. The highest BCUT2D eigenvalue weighted by Gasteiger charge is 2.21. The number of rotatable bonds is 8. The number of hydrogen-bond donors (Lipinski definition) is 3. The second-order valence-electron chi connectivity index (χ2n) is 5.01. The molecule has 0 saturated heterocycles. The molecular formula is C12H18N5O6P. The van der Waals surface area contributed by atoms with Gasteiger partial charge in [-0.2, -0.15) is 0 Å². The third kappa shape index (κ3) is 4.71. The number of hydrogen-bond acceptors (Lipinski definition) is 8. The minimum Gasteiger partial charge on any atom is -0.469 e. The number of imidazole rings is 1. The van der Waals surface area contributed by atoms with Gasteiger partial charge in [-0.1, -0.05) is 0 Å². The highest BCUT2D eigenvalue weighted by Crippen LogP contribution is 2.34. The standard InChI is InChI=1S/C12H18N5O6P/c1-22-9(18)4-8(2-3-23-7-24(19,20)21)17-6-16-10-11(13)14-5-15-12(10)17/h5-6,8H,2-4,7H2,1H3,(H2,13,14,15)(H2,19,20,21). The van der Waals surface area contributed by atoms with Crippen LogP contribution in [0.4, 0.5) is 5.82 Å². The molecule has 132 valence electrons. The molecule has 12 heteroatoms. The summed E-state index contributed by atoms with van der Waals surface area (Å²) in [7, 11) is -2.96. The van der Waals surface area contributed by atoms with Crippen LogP contribution in [-0.4, -0.2) is 55.3 Å². The molecule has 2 aromatic heterocycles. The molecular weight excluding hydrogens is 341 g/mol. The summed E-state index contributed by atoms with van der Waals surface area (Å²) in [5.41, 5.74) is 6.59. The molecule has 0 fully saturated rings. The van der Waals surface area contributed by atoms with Crippen molar-refractivity contribution in [3.05, 3.63) is 12.7 Å². The fraction of sp³-hybridized carbons (Fsp3) is 0.500. The summed E-state index contributed by atoms with van der Waals surface area (Å²) >= 11 is 0. The summed E-state index contributed by atoms with van der Waals surface area (Å²) in [6.45, 7) is 0.0347. The van der Waals surface area contributed by atoms with Crippen LogP contribution in [0.1, 0.15) is 18.9 Å². The minimum atomic E-state index is -4.23. The normalized spacial score (nSPS) is 13.1. The van der Waals surface area contributed by atoms with E-state index in [9.17, 15) is 9.36 Å². The maximum absolute atomic E-state index is 11.6. The van der Waals surface area contributed by atoms with Gasteiger partial charge in [0.1, 0.15) is 18.2 Å². The average Bonchev–Trinajstić information content (AvgIpc) is 2.94. The van der Waals surface area contributed by atoms with Crippen LogP contribution < -0.4 is 5.73 Å². The monoisotopic (exact) mass is 359 g/mol. The van der Waals surface area contributed by atoms with Crippen molar-refractivity contribution < 1.29 is 28.6 Å². The van der Waals surface area contributed by atoms with Gasteiger partial charge in [0.15, 0.2) is 11.5 Å². The summed E-state index contributed by atoms with van der Waals surface area (Å²) in [5, 5.41) is 0. The van der Waals surface area contributed by atoms with Crippen LogP contribution >= 0.6 is 7.60 Å². The predicted octanol–water partition coefficient (Wildman–Crippen LogP) is 0.0546. The van der Waals surface area contributed by atoms with Crippen LogP contribution in [-0.2, 0) is 18.8 Å². The molecule has 4 N–H and O–H groups in total. The first-order chi connectivity index (χ1) is 11.3. The van der Waals surface area contributed by atoms with Gasteiger partial charge in [-0.3, -0.25) is 9.36 Å². The zero-order valence-corrected chi connectivity index (χ0v) is 13.8. The van der Waals surface area contributed by atoms with Crippen molar-refractivity contribution in [1.29, 1.82) is 0 Å². The smallest absolute Gasteiger partial charge is 0.350 e. The molecule has 0 saturated carbocycles. The van der Waals surface area contributed by atoms with Crippen molar-refractivity contribution in [2.24, 2.45) is 0 Å². The molecule has 0 aromatic carbocycles. The number of fused-ring (bicyclic) bond motifs is 1. The van der Waals surface area contributed by atoms with E-state index in [1.165, 1.54) is 19.8 Å². The summed E-state index contributed by atoms with van der Waals surface area (Å²) < 4.78 is 22.1. The second-order valence-corrected chi connectivity index (χ2v) is 6.60. The minimum absolute atomic E-state index is 0.0190. The lowest BCUT2D eigenvalue weighted by Crippen LogP contribution is -2.17. The number of carbonyl (C=O) groups excluding carboxylic acids is 1. The van der Waals surface area contributed by atoms with Crippen LogP contribution in [0.2, 0.25) is 0 Å². The molecule has 2 heterocycles. The molecule has 0 spiro atoms. The van der Waals surface area contributed by atoms with E-state index in [2.05, 4.69) is 19.7 Å². The van der Waals surface area contributed by atoms with Gasteiger partial charge in [0.2, 0.25) is 0 Å². The Kier molecular flexibility index (Phi) is 5.84. The van der Waals surface area contributed by atoms with E-state index in [4.69, 9.17) is 20.3 Å². The van der Waals surface area contributed by atoms with Gasteiger partial charge in [0.25, 0.3) is 0 Å². The fourth-order valence-electron chi connectivity index (χ4n) is 2.16. The maximum atomic E-state index is 11.6. The number of nitrogen functional groups attached to an aromatic ring is 1. The van der Waals surface area contributed by atoms with Crippen molar-refractivity contribution in [1.82, 2.24) is 19.5 Å². The SMILES string of the molecule is COC(=O)CC(CCOCP(=O)(O)O)n1cnc2c(N)ncnc21. The largest absolute Gasteiger partial charge is 0.469 e. The van der Waals surface area contributed by atoms with Gasteiger partial charge in [0.05, 0.1) is 19.9 Å². The number of nitrogens with zero attached hydrogens (tertiary/aromatic N) is 4. The number of methoxy groups -OCH3 is 1. The molecule has 0 aliphatic carbocycles. The van der Waals surface area contributed by atoms with Crippen molar-refractivity contribution in [2.45, 2.75) is 18.9 Å². The van der Waals surface area contributed by atoms with Crippen LogP contribution in [0.5, 0.6) is 0 Å². The number of carbonyl (C=O) groups is 1. The molecule has 11 nitrogen and oxygen atoms in total. The van der Waals surface area contributed by atoms with E-state index in [-0.39, 0.29) is 18.8 Å². The third-order valence-corrected chi connectivity index (χ3v) is 3.78. The van der Waals surface area contributed by atoms with Crippen LogP contribution in [0.3, 0.4) is 0 Å². The Labute approximate surface area is 137 Å². The zero-order chi connectivity index (χ0) is 17.7. The van der Waals surface area contributed by atoms with Gasteiger partial charge < -0.3 is 29.6 Å². The highest BCUT2D eigenvalue weighted by molar-refractivity contribution is 7.51. The van der Waals surface area contributed by atoms with Crippen molar-refractivity contribution >= 4 is 30.5 Å². The first-order valence-corrected chi connectivity index (χ1v) is 8.73. The Morgan fingerprint density at radius 1 is 1.42 bits per heavy atom. The Bertz CT molecular complexity index is 759. The van der Waals surface area contributed by atoms with E-state index < -0.39 is 26.0 Å². The van der Waals surface area contributed by atoms with Gasteiger partial charge in [-0.25, -0.2) is 15.0 Å². The van der Waals surface area contributed by atoms with Crippen LogP contribution in [0.25, 0.3) is 11.2 Å². The quantitative estimate of drug-likeness (QED) is 0.333. The molecule has 0 bridgehead atoms. The summed E-state index contributed by atoms with van der Waals surface area (Å²) in [6, 6.07) is -0.423. The lowest BCUT2D eigenvalue weighted by Gasteiger charge is -2.18. The highest BCUT2D eigenvalue weighted by atomic mass is 31.2. The molecule has 0 amide bonds. The van der Waals surface area contributed by atoms with E-state index in [0.717, 1.165) is 0 Å². The number of ether oxygens (including phenoxy) is 2. The Morgan fingerprint density at radius 3 is 2.83 bits per heavy atom. The lowest BCUT2D eigenvalue weighted by atomic mass is 10.1. The van der Waals surface area contributed by atoms with Crippen molar-refractivity contribution in [3.8, 4) is 0 Å². The molecule has 2 rings (SSSR count). The first-order valence-electron chi connectivity index (χ1n) is 6.94. The molecule has 24 heavy (non-hydrogen) atoms. The molecule has 0 aliphatic heterocycles. The maximum Gasteiger partial charge on any atom is 0.350 e. The summed E-state index contributed by atoms with van der Waals surface area (Å²) in [4.78, 5) is 41.3. The predicted molar refractivity (Wildman–Crippen MR) is 82.9 cm³/mol. The van der Waals surface area contributed by atoms with Gasteiger partial charge >= 0.3 is 13.6 Å². The van der Waals surface area contributed by atoms with Gasteiger partial charge in [-0.05, 0) is 6.42 Å². The molecule has 0 aliphatic rings. The van der Waals surface area contributed by atoms with Crippen LogP contribution in [0, 0.1) is 0 Å². The number of aromatic nitrogens is 4. The Hall–Kier alpha value is -2.07. The fourth-order valence-corrected chi connectivity index (χ4v) is 2.52. The van der Waals surface area contributed by atoms with Crippen molar-refractivity contribution in [3.63, 3.8) is 0 Å². The van der Waals surface area contributed by atoms with Crippen LogP contribution in [0.15, 0.2) is 12.7 Å². The second kappa shape index (κ2) is 7.67.